The molecule has 0 bridgehead atoms. The van der Waals surface area contributed by atoms with Crippen molar-refractivity contribution in [2.24, 2.45) is 11.3 Å². The molecule has 0 saturated carbocycles. The van der Waals surface area contributed by atoms with E-state index in [4.69, 9.17) is 4.74 Å². The Morgan fingerprint density at radius 2 is 1.61 bits per heavy atom. The van der Waals surface area contributed by atoms with Gasteiger partial charge in [0.2, 0.25) is 11.8 Å². The van der Waals surface area contributed by atoms with Gasteiger partial charge in [0.15, 0.2) is 0 Å². The first-order chi connectivity index (χ1) is 15.1. The van der Waals surface area contributed by atoms with Crippen LogP contribution in [0.4, 0.5) is 0 Å². The van der Waals surface area contributed by atoms with Crippen LogP contribution in [-0.2, 0) is 24.5 Å². The first kappa shape index (κ1) is 28.4. The Balaban J connectivity index is 3.23. The van der Waals surface area contributed by atoms with E-state index in [1.165, 1.54) is 0 Å². The number of amides is 2. The summed E-state index contributed by atoms with van der Waals surface area (Å²) in [5.41, 5.74) is 0.0113. The molecule has 0 spiro atoms. The van der Waals surface area contributed by atoms with Gasteiger partial charge in [0.1, 0.15) is 6.04 Å². The molecule has 6 heteroatoms. The molecule has 0 saturated heterocycles. The standard InChI is InChI=1S/C27H42N2O4/c1-11-33-24(31)19(4)17-21(18(2)3)29(10)23(30)22(26(5,6)7)28-25(32)27(8,9)20-15-13-12-14-16-20/h12-18,21-22H,11H2,1-10H3,(H,28,32)/b19-17+/t21-,22-/m1/s1. The van der Waals surface area contributed by atoms with E-state index in [0.717, 1.165) is 5.56 Å². The zero-order valence-corrected chi connectivity index (χ0v) is 22.0. The Kier molecular flexibility index (Phi) is 9.88. The van der Waals surface area contributed by atoms with Gasteiger partial charge in [-0.05, 0) is 44.6 Å². The predicted molar refractivity (Wildman–Crippen MR) is 133 cm³/mol. The van der Waals surface area contributed by atoms with Crippen LogP contribution < -0.4 is 5.32 Å². The number of rotatable bonds is 9. The van der Waals surface area contributed by atoms with Crippen LogP contribution in [0.3, 0.4) is 0 Å². The van der Waals surface area contributed by atoms with E-state index >= 15 is 0 Å². The van der Waals surface area contributed by atoms with E-state index in [0.29, 0.717) is 12.2 Å². The first-order valence-electron chi connectivity index (χ1n) is 11.6. The highest BCUT2D eigenvalue weighted by atomic mass is 16.5. The van der Waals surface area contributed by atoms with Crippen molar-refractivity contribution in [2.45, 2.75) is 79.8 Å². The van der Waals surface area contributed by atoms with Gasteiger partial charge in [-0.1, -0.05) is 71.0 Å². The van der Waals surface area contributed by atoms with Crippen LogP contribution in [0.1, 0.15) is 67.9 Å². The maximum Gasteiger partial charge on any atom is 0.333 e. The Bertz CT molecular complexity index is 851. The highest BCUT2D eigenvalue weighted by Gasteiger charge is 2.40. The molecule has 0 aromatic heterocycles. The van der Waals surface area contributed by atoms with Crippen LogP contribution in [0.25, 0.3) is 0 Å². The van der Waals surface area contributed by atoms with E-state index in [1.54, 1.807) is 31.9 Å². The summed E-state index contributed by atoms with van der Waals surface area (Å²) in [7, 11) is 1.72. The van der Waals surface area contributed by atoms with Crippen LogP contribution in [0, 0.1) is 11.3 Å². The van der Waals surface area contributed by atoms with Crippen molar-refractivity contribution in [3.05, 3.63) is 47.5 Å². The summed E-state index contributed by atoms with van der Waals surface area (Å²) < 4.78 is 5.09. The number of carbonyl (C=O) groups is 3. The van der Waals surface area contributed by atoms with Gasteiger partial charge in [-0.25, -0.2) is 4.79 Å². The summed E-state index contributed by atoms with van der Waals surface area (Å²) in [4.78, 5) is 40.8. The Morgan fingerprint density at radius 1 is 1.06 bits per heavy atom. The SMILES string of the molecule is CCOC(=O)/C(C)=C/[C@H](C(C)C)N(C)C(=O)[C@@H](NC(=O)C(C)(C)c1ccccc1)C(C)(C)C. The number of carbonyl (C=O) groups excluding carboxylic acids is 3. The highest BCUT2D eigenvalue weighted by molar-refractivity contribution is 5.93. The largest absolute Gasteiger partial charge is 0.463 e. The molecule has 1 aromatic carbocycles. The average molecular weight is 459 g/mol. The average Bonchev–Trinajstić information content (AvgIpc) is 2.74. The molecule has 0 aliphatic rings. The molecule has 1 rings (SSSR count). The fraction of sp³-hybridized carbons (Fsp3) is 0.593. The number of ether oxygens (including phenoxy) is 1. The van der Waals surface area contributed by atoms with Crippen molar-refractivity contribution < 1.29 is 19.1 Å². The molecule has 0 aliphatic carbocycles. The molecule has 0 radical (unpaired) electrons. The molecule has 2 amide bonds. The summed E-state index contributed by atoms with van der Waals surface area (Å²) in [6.45, 7) is 17.2. The van der Waals surface area contributed by atoms with Crippen molar-refractivity contribution in [1.29, 1.82) is 0 Å². The van der Waals surface area contributed by atoms with Crippen molar-refractivity contribution in [2.75, 3.05) is 13.7 Å². The smallest absolute Gasteiger partial charge is 0.333 e. The number of likely N-dealkylation sites (N-methyl/N-ethyl adjacent to an activating group) is 1. The molecule has 1 N–H and O–H groups in total. The van der Waals surface area contributed by atoms with E-state index in [9.17, 15) is 14.4 Å². The third-order valence-corrected chi connectivity index (χ3v) is 5.95. The second kappa shape index (κ2) is 11.5. The molecule has 0 unspecified atom stereocenters. The quantitative estimate of drug-likeness (QED) is 0.437. The number of hydrogen-bond donors (Lipinski definition) is 1. The van der Waals surface area contributed by atoms with Crippen LogP contribution in [-0.4, -0.2) is 48.4 Å². The van der Waals surface area contributed by atoms with Gasteiger partial charge in [-0.2, -0.15) is 0 Å². The van der Waals surface area contributed by atoms with Crippen molar-refractivity contribution in [3.63, 3.8) is 0 Å². The molecule has 184 valence electrons. The van der Waals surface area contributed by atoms with Gasteiger partial charge in [0, 0.05) is 12.6 Å². The predicted octanol–water partition coefficient (Wildman–Crippen LogP) is 4.49. The summed E-state index contributed by atoms with van der Waals surface area (Å²) >= 11 is 0. The molecule has 6 nitrogen and oxygen atoms in total. The fourth-order valence-corrected chi connectivity index (χ4v) is 3.62. The second-order valence-electron chi connectivity index (χ2n) is 10.5. The molecule has 33 heavy (non-hydrogen) atoms. The zero-order valence-electron chi connectivity index (χ0n) is 22.0. The maximum atomic E-state index is 13.7. The molecule has 0 fully saturated rings. The summed E-state index contributed by atoms with van der Waals surface area (Å²) in [6.07, 6.45) is 1.77. The van der Waals surface area contributed by atoms with Gasteiger partial charge in [0.05, 0.1) is 18.1 Å². The molecular formula is C27H42N2O4. The first-order valence-corrected chi connectivity index (χ1v) is 11.6. The zero-order chi connectivity index (χ0) is 25.6. The van der Waals surface area contributed by atoms with Gasteiger partial charge >= 0.3 is 5.97 Å². The van der Waals surface area contributed by atoms with Gasteiger partial charge in [0.25, 0.3) is 0 Å². The topological polar surface area (TPSA) is 75.7 Å². The summed E-state index contributed by atoms with van der Waals surface area (Å²) in [5, 5.41) is 3.02. The van der Waals surface area contributed by atoms with Crippen molar-refractivity contribution in [3.8, 4) is 0 Å². The minimum absolute atomic E-state index is 0.0559. The lowest BCUT2D eigenvalue weighted by Gasteiger charge is -2.39. The van der Waals surface area contributed by atoms with Gasteiger partial charge in [-0.15, -0.1) is 0 Å². The van der Waals surface area contributed by atoms with Crippen molar-refractivity contribution >= 4 is 17.8 Å². The number of nitrogens with zero attached hydrogens (tertiary/aromatic N) is 1. The Labute approximate surface area is 199 Å². The number of hydrogen-bond acceptors (Lipinski definition) is 4. The number of nitrogens with one attached hydrogen (secondary N) is 1. The lowest BCUT2D eigenvalue weighted by molar-refractivity contribution is -0.141. The van der Waals surface area contributed by atoms with E-state index in [2.05, 4.69) is 5.32 Å². The Morgan fingerprint density at radius 3 is 2.06 bits per heavy atom. The normalized spacial score (nSPS) is 14.5. The van der Waals surface area contributed by atoms with E-state index in [-0.39, 0.29) is 23.8 Å². The number of benzene rings is 1. The molecule has 0 aliphatic heterocycles. The molecule has 1 aromatic rings. The third kappa shape index (κ3) is 7.44. The molecule has 2 atom stereocenters. The highest BCUT2D eigenvalue weighted by Crippen LogP contribution is 2.27. The van der Waals surface area contributed by atoms with Gasteiger partial charge < -0.3 is 15.0 Å². The summed E-state index contributed by atoms with van der Waals surface area (Å²) in [6, 6.07) is 8.47. The Hall–Kier alpha value is -2.63. The third-order valence-electron chi connectivity index (χ3n) is 5.95. The lowest BCUT2D eigenvalue weighted by atomic mass is 9.81. The van der Waals surface area contributed by atoms with Crippen LogP contribution in [0.5, 0.6) is 0 Å². The van der Waals surface area contributed by atoms with Crippen molar-refractivity contribution in [1.82, 2.24) is 10.2 Å². The minimum Gasteiger partial charge on any atom is -0.463 e. The second-order valence-corrected chi connectivity index (χ2v) is 10.5. The van der Waals surface area contributed by atoms with Crippen LogP contribution >= 0.6 is 0 Å². The summed E-state index contributed by atoms with van der Waals surface area (Å²) in [5.74, 6) is -0.754. The van der Waals surface area contributed by atoms with Crippen LogP contribution in [0.2, 0.25) is 0 Å². The van der Waals surface area contributed by atoms with E-state index in [1.807, 2.05) is 78.8 Å². The van der Waals surface area contributed by atoms with Crippen LogP contribution in [0.15, 0.2) is 42.0 Å². The number of esters is 1. The lowest BCUT2D eigenvalue weighted by Crippen LogP contribution is -2.58. The fourth-order valence-electron chi connectivity index (χ4n) is 3.62. The monoisotopic (exact) mass is 458 g/mol. The minimum atomic E-state index is -0.804. The maximum absolute atomic E-state index is 13.7. The molecule has 0 heterocycles. The molecular weight excluding hydrogens is 416 g/mol. The van der Waals surface area contributed by atoms with Gasteiger partial charge in [-0.3, -0.25) is 9.59 Å². The van der Waals surface area contributed by atoms with E-state index < -0.39 is 22.8 Å².